The molecule has 0 saturated carbocycles. The Morgan fingerprint density at radius 2 is 2.06 bits per heavy atom. The van der Waals surface area contributed by atoms with Crippen molar-refractivity contribution in [3.8, 4) is 0 Å². The molecular formula is C13H17F2N3. The maximum absolute atomic E-state index is 12.5. The van der Waals surface area contributed by atoms with Gasteiger partial charge in [0.05, 0.1) is 17.1 Å². The molecule has 0 radical (unpaired) electrons. The first-order valence-corrected chi connectivity index (χ1v) is 6.11. The number of nitrogens with two attached hydrogens (primary N) is 1. The van der Waals surface area contributed by atoms with Crippen LogP contribution < -0.4 is 5.73 Å². The first-order chi connectivity index (χ1) is 8.63. The van der Waals surface area contributed by atoms with Gasteiger partial charge in [-0.25, -0.2) is 13.8 Å². The molecule has 0 aliphatic carbocycles. The molecule has 0 aliphatic heterocycles. The molecule has 1 aromatic carbocycles. The van der Waals surface area contributed by atoms with E-state index in [9.17, 15) is 8.78 Å². The normalized spacial score (nSPS) is 13.4. The standard InChI is InChI=1S/C13H17F2N3/c1-2-7-18-11-6-4-3-5-10(11)17-12(18)8-9(16)13(14)15/h3-6,9,13H,2,7-8,16H2,1H3. The number of fused-ring (bicyclic) bond motifs is 1. The van der Waals surface area contributed by atoms with E-state index in [0.29, 0.717) is 5.82 Å². The number of aryl methyl sites for hydroxylation is 1. The van der Waals surface area contributed by atoms with Gasteiger partial charge in [0.25, 0.3) is 6.43 Å². The molecule has 0 amide bonds. The SMILES string of the molecule is CCCn1c(CC(N)C(F)F)nc2ccccc21. The van der Waals surface area contributed by atoms with E-state index in [1.54, 1.807) is 0 Å². The Labute approximate surface area is 105 Å². The van der Waals surface area contributed by atoms with Gasteiger partial charge in [0.15, 0.2) is 0 Å². The Morgan fingerprint density at radius 1 is 1.33 bits per heavy atom. The summed E-state index contributed by atoms with van der Waals surface area (Å²) in [6.07, 6.45) is -1.48. The summed E-state index contributed by atoms with van der Waals surface area (Å²) in [4.78, 5) is 4.40. The summed E-state index contributed by atoms with van der Waals surface area (Å²) in [6.45, 7) is 2.82. The van der Waals surface area contributed by atoms with E-state index in [-0.39, 0.29) is 6.42 Å². The van der Waals surface area contributed by atoms with Gasteiger partial charge in [0, 0.05) is 13.0 Å². The zero-order valence-electron chi connectivity index (χ0n) is 10.3. The van der Waals surface area contributed by atoms with Gasteiger partial charge < -0.3 is 10.3 Å². The van der Waals surface area contributed by atoms with Gasteiger partial charge in [-0.1, -0.05) is 19.1 Å². The summed E-state index contributed by atoms with van der Waals surface area (Å²) >= 11 is 0. The fourth-order valence-electron chi connectivity index (χ4n) is 2.05. The Balaban J connectivity index is 2.39. The number of para-hydroxylation sites is 2. The van der Waals surface area contributed by atoms with Crippen molar-refractivity contribution in [1.82, 2.24) is 9.55 Å². The summed E-state index contributed by atoms with van der Waals surface area (Å²) < 4.78 is 27.0. The predicted molar refractivity (Wildman–Crippen MR) is 67.7 cm³/mol. The van der Waals surface area contributed by atoms with Crippen molar-refractivity contribution in [2.45, 2.75) is 38.8 Å². The van der Waals surface area contributed by atoms with Gasteiger partial charge in [-0.2, -0.15) is 0 Å². The quantitative estimate of drug-likeness (QED) is 0.890. The molecular weight excluding hydrogens is 236 g/mol. The Hall–Kier alpha value is -1.49. The van der Waals surface area contributed by atoms with Crippen molar-refractivity contribution < 1.29 is 8.78 Å². The number of hydrogen-bond donors (Lipinski definition) is 1. The highest BCUT2D eigenvalue weighted by molar-refractivity contribution is 5.75. The first kappa shape index (κ1) is 13.0. The van der Waals surface area contributed by atoms with Crippen LogP contribution in [-0.4, -0.2) is 22.0 Å². The summed E-state index contributed by atoms with van der Waals surface area (Å²) in [6, 6.07) is 6.50. The molecule has 0 fully saturated rings. The Bertz CT molecular complexity index is 522. The van der Waals surface area contributed by atoms with Crippen LogP contribution in [0.3, 0.4) is 0 Å². The first-order valence-electron chi connectivity index (χ1n) is 6.11. The van der Waals surface area contributed by atoms with Gasteiger partial charge in [-0.3, -0.25) is 0 Å². The fourth-order valence-corrected chi connectivity index (χ4v) is 2.05. The minimum atomic E-state index is -2.51. The minimum Gasteiger partial charge on any atom is -0.328 e. The smallest absolute Gasteiger partial charge is 0.253 e. The molecule has 0 bridgehead atoms. The molecule has 0 aliphatic rings. The van der Waals surface area contributed by atoms with Gasteiger partial charge in [-0.05, 0) is 18.6 Å². The second-order valence-electron chi connectivity index (χ2n) is 4.37. The number of aromatic nitrogens is 2. The van der Waals surface area contributed by atoms with Crippen molar-refractivity contribution >= 4 is 11.0 Å². The molecule has 1 heterocycles. The molecule has 2 aromatic rings. The molecule has 18 heavy (non-hydrogen) atoms. The van der Waals surface area contributed by atoms with E-state index in [0.717, 1.165) is 24.0 Å². The number of hydrogen-bond acceptors (Lipinski definition) is 2. The van der Waals surface area contributed by atoms with E-state index in [2.05, 4.69) is 4.98 Å². The van der Waals surface area contributed by atoms with Gasteiger partial charge in [0.1, 0.15) is 5.82 Å². The number of halogens is 2. The van der Waals surface area contributed by atoms with E-state index in [4.69, 9.17) is 5.73 Å². The van der Waals surface area contributed by atoms with E-state index >= 15 is 0 Å². The molecule has 98 valence electrons. The lowest BCUT2D eigenvalue weighted by Gasteiger charge is -2.12. The van der Waals surface area contributed by atoms with Gasteiger partial charge >= 0.3 is 0 Å². The second kappa shape index (κ2) is 5.44. The summed E-state index contributed by atoms with van der Waals surface area (Å²) in [5.74, 6) is 0.644. The van der Waals surface area contributed by atoms with Crippen LogP contribution >= 0.6 is 0 Å². The van der Waals surface area contributed by atoms with Gasteiger partial charge in [-0.15, -0.1) is 0 Å². The maximum Gasteiger partial charge on any atom is 0.253 e. The number of alkyl halides is 2. The molecule has 5 heteroatoms. The predicted octanol–water partition coefficient (Wildman–Crippen LogP) is 2.58. The van der Waals surface area contributed by atoms with Crippen molar-refractivity contribution in [2.24, 2.45) is 5.73 Å². The third-order valence-electron chi connectivity index (χ3n) is 2.92. The lowest BCUT2D eigenvalue weighted by Crippen LogP contribution is -2.32. The third kappa shape index (κ3) is 2.51. The van der Waals surface area contributed by atoms with E-state index in [1.807, 2.05) is 35.8 Å². The second-order valence-corrected chi connectivity index (χ2v) is 4.37. The number of nitrogens with zero attached hydrogens (tertiary/aromatic N) is 2. The molecule has 1 unspecified atom stereocenters. The summed E-state index contributed by atoms with van der Waals surface area (Å²) in [5, 5.41) is 0. The lowest BCUT2D eigenvalue weighted by molar-refractivity contribution is 0.114. The van der Waals surface area contributed by atoms with Crippen LogP contribution in [0.4, 0.5) is 8.78 Å². The van der Waals surface area contributed by atoms with Crippen LogP contribution in [0.15, 0.2) is 24.3 Å². The van der Waals surface area contributed by atoms with Crippen molar-refractivity contribution in [3.63, 3.8) is 0 Å². The van der Waals surface area contributed by atoms with E-state index < -0.39 is 12.5 Å². The maximum atomic E-state index is 12.5. The van der Waals surface area contributed by atoms with Crippen LogP contribution in [-0.2, 0) is 13.0 Å². The fraction of sp³-hybridized carbons (Fsp3) is 0.462. The molecule has 1 atom stereocenters. The molecule has 3 nitrogen and oxygen atoms in total. The highest BCUT2D eigenvalue weighted by atomic mass is 19.3. The topological polar surface area (TPSA) is 43.8 Å². The molecule has 2 rings (SSSR count). The highest BCUT2D eigenvalue weighted by Gasteiger charge is 2.19. The van der Waals surface area contributed by atoms with Crippen molar-refractivity contribution in [1.29, 1.82) is 0 Å². The minimum absolute atomic E-state index is 0.104. The van der Waals surface area contributed by atoms with Crippen molar-refractivity contribution in [2.75, 3.05) is 0 Å². The number of benzene rings is 1. The van der Waals surface area contributed by atoms with Crippen LogP contribution in [0.5, 0.6) is 0 Å². The highest BCUT2D eigenvalue weighted by Crippen LogP contribution is 2.18. The van der Waals surface area contributed by atoms with Crippen LogP contribution in [0.25, 0.3) is 11.0 Å². The molecule has 1 aromatic heterocycles. The third-order valence-corrected chi connectivity index (χ3v) is 2.92. The molecule has 2 N–H and O–H groups in total. The zero-order chi connectivity index (χ0) is 13.1. The van der Waals surface area contributed by atoms with E-state index in [1.165, 1.54) is 0 Å². The lowest BCUT2D eigenvalue weighted by atomic mass is 10.2. The number of rotatable bonds is 5. The van der Waals surface area contributed by atoms with Crippen LogP contribution in [0.1, 0.15) is 19.2 Å². The zero-order valence-corrected chi connectivity index (χ0v) is 10.3. The Morgan fingerprint density at radius 3 is 2.72 bits per heavy atom. The van der Waals surface area contributed by atoms with Crippen LogP contribution in [0.2, 0.25) is 0 Å². The van der Waals surface area contributed by atoms with Crippen molar-refractivity contribution in [3.05, 3.63) is 30.1 Å². The average Bonchev–Trinajstić information content (AvgIpc) is 2.68. The summed E-state index contributed by atoms with van der Waals surface area (Å²) in [5.41, 5.74) is 7.25. The molecule has 0 spiro atoms. The Kier molecular flexibility index (Phi) is 3.91. The van der Waals surface area contributed by atoms with Crippen LogP contribution in [0, 0.1) is 0 Å². The summed E-state index contributed by atoms with van der Waals surface area (Å²) in [7, 11) is 0. The average molecular weight is 253 g/mol. The monoisotopic (exact) mass is 253 g/mol. The number of imidazole rings is 1. The molecule has 0 saturated heterocycles. The largest absolute Gasteiger partial charge is 0.328 e. The van der Waals surface area contributed by atoms with Gasteiger partial charge in [0.2, 0.25) is 0 Å².